The topological polar surface area (TPSA) is 175 Å². The molecule has 52 heavy (non-hydrogen) atoms. The van der Waals surface area contributed by atoms with Gasteiger partial charge in [0, 0.05) is 13.1 Å². The van der Waals surface area contributed by atoms with Gasteiger partial charge < -0.3 is 39.9 Å². The third kappa shape index (κ3) is 7.95. The maximum absolute atomic E-state index is 13.2. The maximum Gasteiger partial charge on any atom is 0.407 e. The minimum atomic E-state index is -0.703. The predicted octanol–water partition coefficient (Wildman–Crippen LogP) is 5.73. The lowest BCUT2D eigenvalue weighted by molar-refractivity contribution is -0.134. The van der Waals surface area contributed by atoms with Gasteiger partial charge in [0.2, 0.25) is 11.8 Å². The summed E-state index contributed by atoms with van der Waals surface area (Å²) in [6.07, 6.45) is 5.65. The third-order valence-electron chi connectivity index (χ3n) is 9.58. The molecule has 2 aliphatic rings. The first-order valence-corrected chi connectivity index (χ1v) is 17.9. The van der Waals surface area contributed by atoms with Gasteiger partial charge in [-0.15, -0.1) is 0 Å². The molecule has 14 heteroatoms. The van der Waals surface area contributed by atoms with Gasteiger partial charge in [-0.2, -0.15) is 0 Å². The molecule has 0 spiro atoms. The molecule has 274 valence electrons. The summed E-state index contributed by atoms with van der Waals surface area (Å²) in [7, 11) is 0. The predicted molar refractivity (Wildman–Crippen MR) is 194 cm³/mol. The average Bonchev–Trinajstić information content (AvgIpc) is 3.98. The maximum atomic E-state index is 13.2. The van der Waals surface area contributed by atoms with E-state index in [0.717, 1.165) is 71.0 Å². The molecule has 4 amide bonds. The molecule has 4 N–H and O–H groups in total. The monoisotopic (exact) mass is 710 g/mol. The lowest BCUT2D eigenvalue weighted by Gasteiger charge is -2.26. The van der Waals surface area contributed by atoms with Gasteiger partial charge in [-0.25, -0.2) is 19.6 Å². The van der Waals surface area contributed by atoms with E-state index in [2.05, 4.69) is 54.8 Å². The third-order valence-corrected chi connectivity index (χ3v) is 9.58. The zero-order valence-electron chi connectivity index (χ0n) is 30.0. The number of nitrogens with one attached hydrogen (secondary N) is 4. The Hall–Kier alpha value is -5.66. The second-order valence-electron chi connectivity index (χ2n) is 13.1. The van der Waals surface area contributed by atoms with Crippen molar-refractivity contribution >= 4 is 24.0 Å². The molecule has 0 radical (unpaired) electrons. The molecule has 2 aromatic carbocycles. The molecule has 4 aromatic rings. The lowest BCUT2D eigenvalue weighted by Crippen LogP contribution is -2.46. The van der Waals surface area contributed by atoms with Crippen LogP contribution in [-0.4, -0.2) is 92.1 Å². The van der Waals surface area contributed by atoms with E-state index < -0.39 is 24.3 Å². The number of rotatable bonds is 11. The fourth-order valence-corrected chi connectivity index (χ4v) is 6.94. The van der Waals surface area contributed by atoms with Crippen molar-refractivity contribution in [3.05, 3.63) is 72.6 Å². The Kier molecular flexibility index (Phi) is 11.2. The van der Waals surface area contributed by atoms with Gasteiger partial charge >= 0.3 is 12.2 Å². The number of H-pyrrole nitrogens is 2. The van der Waals surface area contributed by atoms with Gasteiger partial charge in [0.15, 0.2) is 0 Å². The van der Waals surface area contributed by atoms with Crippen molar-refractivity contribution < 1.29 is 28.7 Å². The van der Waals surface area contributed by atoms with E-state index in [1.54, 1.807) is 49.9 Å². The standard InChI is InChI=1S/C38H46N8O6/c1-5-51-37(49)41-23(3)35(47)45-19-7-9-31(45)33-39-21-29(43-33)27-15-11-25(12-16-27)26-13-17-28(18-14-26)30-22-40-34(44-30)32-10-8-20-46(32)36(48)24(4)42-38(50)52-6-2/h11-18,21-24,31-32H,5-10,19-20H2,1-4H3,(H,39,43)(H,40,44)(H,41,49)(H,42,50)/t23-,24+,31-,32-/m0/s1. The Morgan fingerprint density at radius 1 is 0.673 bits per heavy atom. The van der Waals surface area contributed by atoms with Gasteiger partial charge in [-0.3, -0.25) is 9.59 Å². The summed E-state index contributed by atoms with van der Waals surface area (Å²) in [5.41, 5.74) is 5.78. The number of carbonyl (C=O) groups is 4. The number of hydrogen-bond acceptors (Lipinski definition) is 8. The number of benzene rings is 2. The van der Waals surface area contributed by atoms with Gasteiger partial charge in [-0.05, 0) is 75.6 Å². The van der Waals surface area contributed by atoms with E-state index in [0.29, 0.717) is 13.1 Å². The van der Waals surface area contributed by atoms with E-state index in [-0.39, 0.29) is 37.1 Å². The Labute approximate surface area is 302 Å². The van der Waals surface area contributed by atoms with Crippen LogP contribution in [0, 0.1) is 0 Å². The van der Waals surface area contributed by atoms with Crippen LogP contribution in [0.25, 0.3) is 33.6 Å². The summed E-state index contributed by atoms with van der Waals surface area (Å²) >= 11 is 0. The molecular formula is C38H46N8O6. The van der Waals surface area contributed by atoms with Crippen molar-refractivity contribution in [2.24, 2.45) is 0 Å². The minimum Gasteiger partial charge on any atom is -0.450 e. The summed E-state index contributed by atoms with van der Waals surface area (Å²) in [5, 5.41) is 5.21. The number of amides is 4. The zero-order valence-corrected chi connectivity index (χ0v) is 30.0. The van der Waals surface area contributed by atoms with Crippen LogP contribution in [-0.2, 0) is 19.1 Å². The van der Waals surface area contributed by atoms with Crippen molar-refractivity contribution in [3.8, 4) is 33.6 Å². The quantitative estimate of drug-likeness (QED) is 0.153. The highest BCUT2D eigenvalue weighted by atomic mass is 16.6. The average molecular weight is 711 g/mol. The van der Waals surface area contributed by atoms with Crippen molar-refractivity contribution in [1.29, 1.82) is 0 Å². The van der Waals surface area contributed by atoms with Gasteiger partial charge in [-0.1, -0.05) is 48.5 Å². The van der Waals surface area contributed by atoms with E-state index >= 15 is 0 Å². The molecule has 2 aromatic heterocycles. The van der Waals surface area contributed by atoms with Crippen LogP contribution in [0.4, 0.5) is 9.59 Å². The molecule has 6 rings (SSSR count). The van der Waals surface area contributed by atoms with Crippen LogP contribution < -0.4 is 10.6 Å². The normalized spacial score (nSPS) is 18.2. The largest absolute Gasteiger partial charge is 0.450 e. The van der Waals surface area contributed by atoms with Gasteiger partial charge in [0.25, 0.3) is 0 Å². The van der Waals surface area contributed by atoms with E-state index in [1.165, 1.54) is 0 Å². The second kappa shape index (κ2) is 16.1. The fourth-order valence-electron chi connectivity index (χ4n) is 6.94. The highest BCUT2D eigenvalue weighted by molar-refractivity contribution is 5.86. The zero-order chi connectivity index (χ0) is 36.8. The van der Waals surface area contributed by atoms with Crippen LogP contribution >= 0.6 is 0 Å². The second-order valence-corrected chi connectivity index (χ2v) is 13.1. The van der Waals surface area contributed by atoms with Crippen molar-refractivity contribution in [2.75, 3.05) is 26.3 Å². The molecule has 4 atom stereocenters. The Morgan fingerprint density at radius 2 is 1.04 bits per heavy atom. The molecule has 0 bridgehead atoms. The Morgan fingerprint density at radius 3 is 1.40 bits per heavy atom. The number of carbonyl (C=O) groups excluding carboxylic acids is 4. The highest BCUT2D eigenvalue weighted by Gasteiger charge is 2.36. The van der Waals surface area contributed by atoms with Crippen LogP contribution in [0.3, 0.4) is 0 Å². The van der Waals surface area contributed by atoms with Crippen LogP contribution in [0.15, 0.2) is 60.9 Å². The van der Waals surface area contributed by atoms with Crippen molar-refractivity contribution in [2.45, 2.75) is 77.5 Å². The number of aromatic nitrogens is 4. The Balaban J connectivity index is 1.08. The van der Waals surface area contributed by atoms with E-state index in [4.69, 9.17) is 9.47 Å². The molecular weight excluding hydrogens is 664 g/mol. The minimum absolute atomic E-state index is 0.166. The van der Waals surface area contributed by atoms with Crippen molar-refractivity contribution in [1.82, 2.24) is 40.4 Å². The van der Waals surface area contributed by atoms with E-state index in [1.807, 2.05) is 24.3 Å². The number of nitrogens with zero attached hydrogens (tertiary/aromatic N) is 4. The molecule has 4 heterocycles. The number of alkyl carbamates (subject to hydrolysis) is 2. The smallest absolute Gasteiger partial charge is 0.407 e. The lowest BCUT2D eigenvalue weighted by atomic mass is 10.0. The summed E-state index contributed by atoms with van der Waals surface area (Å²) in [6, 6.07) is 14.6. The number of aromatic amines is 2. The molecule has 0 unspecified atom stereocenters. The number of hydrogen-bond donors (Lipinski definition) is 4. The molecule has 0 saturated carbocycles. The molecule has 14 nitrogen and oxygen atoms in total. The fraction of sp³-hybridized carbons (Fsp3) is 0.421. The number of ether oxygens (including phenoxy) is 2. The van der Waals surface area contributed by atoms with Crippen LogP contribution in [0.2, 0.25) is 0 Å². The molecule has 0 aliphatic carbocycles. The number of likely N-dealkylation sites (tertiary alicyclic amines) is 2. The summed E-state index contributed by atoms with van der Waals surface area (Å²) in [6.45, 7) is 8.44. The van der Waals surface area contributed by atoms with Crippen molar-refractivity contribution in [3.63, 3.8) is 0 Å². The Bertz CT molecular complexity index is 1730. The first kappa shape index (κ1) is 36.1. The summed E-state index contributed by atoms with van der Waals surface area (Å²) in [4.78, 5) is 69.6. The van der Waals surface area contributed by atoms with Gasteiger partial charge in [0.05, 0.1) is 49.1 Å². The first-order chi connectivity index (χ1) is 25.2. The molecule has 2 fully saturated rings. The van der Waals surface area contributed by atoms with Crippen LogP contribution in [0.1, 0.15) is 77.1 Å². The summed E-state index contributed by atoms with van der Waals surface area (Å²) in [5.74, 6) is 1.11. The first-order valence-electron chi connectivity index (χ1n) is 17.9. The SMILES string of the molecule is CCOC(=O)N[C@@H](C)C(=O)N1CCC[C@H]1c1ncc(-c2ccc(-c3ccc(-c4cnc([C@@H]5CCCN5C(=O)[C@@H](C)NC(=O)OCC)[nH]4)cc3)cc2)[nH]1. The highest BCUT2D eigenvalue weighted by Crippen LogP contribution is 2.34. The summed E-state index contributed by atoms with van der Waals surface area (Å²) < 4.78 is 9.86. The molecule has 2 saturated heterocycles. The van der Waals surface area contributed by atoms with Crippen LogP contribution in [0.5, 0.6) is 0 Å². The number of imidazole rings is 2. The molecule has 2 aliphatic heterocycles. The van der Waals surface area contributed by atoms with E-state index in [9.17, 15) is 19.2 Å². The van der Waals surface area contributed by atoms with Gasteiger partial charge in [0.1, 0.15) is 23.7 Å².